The molecule has 2 heterocycles. The van der Waals surface area contributed by atoms with Crippen LogP contribution in [0.25, 0.3) is 23.0 Å². The number of nitrogens with zero attached hydrogens (tertiary/aromatic N) is 4. The number of carbonyl (C=O) groups is 1. The van der Waals surface area contributed by atoms with Crippen molar-refractivity contribution in [3.63, 3.8) is 0 Å². The summed E-state index contributed by atoms with van der Waals surface area (Å²) in [6.07, 6.45) is 1.82. The number of nitrogens with one attached hydrogen (secondary N) is 1. The van der Waals surface area contributed by atoms with Gasteiger partial charge in [0.05, 0.1) is 0 Å². The summed E-state index contributed by atoms with van der Waals surface area (Å²) in [5.74, 6) is 0.749. The minimum atomic E-state index is -0.136. The van der Waals surface area contributed by atoms with Crippen molar-refractivity contribution in [2.24, 2.45) is 0 Å². The fourth-order valence-corrected chi connectivity index (χ4v) is 2.98. The van der Waals surface area contributed by atoms with Gasteiger partial charge in [-0.15, -0.1) is 0 Å². The van der Waals surface area contributed by atoms with E-state index >= 15 is 0 Å². The fourth-order valence-electron chi connectivity index (χ4n) is 2.98. The minimum absolute atomic E-state index is 0.136. The highest BCUT2D eigenvalue weighted by atomic mass is 16.5. The van der Waals surface area contributed by atoms with Gasteiger partial charge in [0.1, 0.15) is 12.2 Å². The van der Waals surface area contributed by atoms with E-state index in [2.05, 4.69) is 15.5 Å². The van der Waals surface area contributed by atoms with Crippen molar-refractivity contribution < 1.29 is 9.32 Å². The van der Waals surface area contributed by atoms with E-state index in [1.54, 1.807) is 4.57 Å². The van der Waals surface area contributed by atoms with Gasteiger partial charge in [-0.1, -0.05) is 35.5 Å². The normalized spacial score (nSPS) is 10.7. The van der Waals surface area contributed by atoms with Crippen molar-refractivity contribution in [3.05, 3.63) is 72.9 Å². The first-order valence-corrected chi connectivity index (χ1v) is 9.22. The third-order valence-corrected chi connectivity index (χ3v) is 4.49. The second-order valence-corrected chi connectivity index (χ2v) is 6.80. The monoisotopic (exact) mass is 387 g/mol. The van der Waals surface area contributed by atoms with Crippen molar-refractivity contribution in [1.29, 1.82) is 0 Å². The van der Waals surface area contributed by atoms with Crippen LogP contribution in [-0.4, -0.2) is 34.7 Å². The number of anilines is 2. The Morgan fingerprint density at radius 2 is 1.79 bits per heavy atom. The summed E-state index contributed by atoms with van der Waals surface area (Å²) in [5.41, 5.74) is 3.39. The molecule has 2 aromatic heterocycles. The molecule has 0 unspecified atom stereocenters. The third kappa shape index (κ3) is 4.19. The summed E-state index contributed by atoms with van der Waals surface area (Å²) in [7, 11) is 3.95. The second-order valence-electron chi connectivity index (χ2n) is 6.80. The lowest BCUT2D eigenvalue weighted by molar-refractivity contribution is -0.116. The highest BCUT2D eigenvalue weighted by Crippen LogP contribution is 2.23. The topological polar surface area (TPSA) is 76.2 Å². The number of hydrogen-bond donors (Lipinski definition) is 1. The Balaban J connectivity index is 1.47. The molecule has 1 N–H and O–H groups in total. The van der Waals surface area contributed by atoms with Crippen LogP contribution < -0.4 is 10.2 Å². The summed E-state index contributed by atoms with van der Waals surface area (Å²) in [6, 6.07) is 21.0. The molecule has 0 saturated carbocycles. The van der Waals surface area contributed by atoms with Crippen LogP contribution in [0.3, 0.4) is 0 Å². The van der Waals surface area contributed by atoms with Crippen molar-refractivity contribution >= 4 is 17.3 Å². The first kappa shape index (κ1) is 18.5. The van der Waals surface area contributed by atoms with Crippen LogP contribution in [0, 0.1) is 0 Å². The Morgan fingerprint density at radius 3 is 2.52 bits per heavy atom. The summed E-state index contributed by atoms with van der Waals surface area (Å²) >= 11 is 0. The zero-order chi connectivity index (χ0) is 20.2. The summed E-state index contributed by atoms with van der Waals surface area (Å²) in [6.45, 7) is 0.140. The molecular weight excluding hydrogens is 366 g/mol. The predicted molar refractivity (Wildman–Crippen MR) is 113 cm³/mol. The number of hydrogen-bond acceptors (Lipinski definition) is 5. The van der Waals surface area contributed by atoms with Gasteiger partial charge in [-0.3, -0.25) is 4.79 Å². The Morgan fingerprint density at radius 1 is 1.03 bits per heavy atom. The van der Waals surface area contributed by atoms with Crippen molar-refractivity contribution in [2.75, 3.05) is 24.3 Å². The van der Waals surface area contributed by atoms with Gasteiger partial charge >= 0.3 is 0 Å². The summed E-state index contributed by atoms with van der Waals surface area (Å²) < 4.78 is 7.20. The molecule has 0 aliphatic heterocycles. The molecule has 146 valence electrons. The maximum absolute atomic E-state index is 12.5. The largest absolute Gasteiger partial charge is 0.378 e. The van der Waals surface area contributed by atoms with Crippen molar-refractivity contribution in [3.8, 4) is 23.0 Å². The smallest absolute Gasteiger partial charge is 0.274 e. The van der Waals surface area contributed by atoms with Gasteiger partial charge in [-0.2, -0.15) is 4.98 Å². The minimum Gasteiger partial charge on any atom is -0.378 e. The lowest BCUT2D eigenvalue weighted by Crippen LogP contribution is -2.19. The molecule has 1 amide bonds. The lowest BCUT2D eigenvalue weighted by Gasteiger charge is -2.13. The van der Waals surface area contributed by atoms with E-state index in [9.17, 15) is 4.79 Å². The molecule has 7 nitrogen and oxygen atoms in total. The molecule has 0 aliphatic carbocycles. The van der Waals surface area contributed by atoms with Crippen LogP contribution >= 0.6 is 0 Å². The molecule has 0 atom stereocenters. The molecular formula is C22H21N5O2. The molecule has 0 saturated heterocycles. The maximum Gasteiger partial charge on any atom is 0.274 e. The Kier molecular flexibility index (Phi) is 5.11. The Labute approximate surface area is 168 Å². The molecule has 0 radical (unpaired) electrons. The van der Waals surface area contributed by atoms with Gasteiger partial charge in [-0.25, -0.2) is 0 Å². The Bertz CT molecular complexity index is 1100. The zero-order valence-corrected chi connectivity index (χ0v) is 16.2. The van der Waals surface area contributed by atoms with E-state index < -0.39 is 0 Å². The molecule has 4 aromatic rings. The fraction of sp³-hybridized carbons (Fsp3) is 0.136. The van der Waals surface area contributed by atoms with E-state index in [1.807, 2.05) is 91.9 Å². The number of amides is 1. The zero-order valence-electron chi connectivity index (χ0n) is 16.2. The summed E-state index contributed by atoms with van der Waals surface area (Å²) in [5, 5.41) is 6.96. The molecule has 29 heavy (non-hydrogen) atoms. The highest BCUT2D eigenvalue weighted by Gasteiger charge is 2.15. The molecule has 2 aromatic carbocycles. The average molecular weight is 387 g/mol. The van der Waals surface area contributed by atoms with Gasteiger partial charge in [0.25, 0.3) is 5.89 Å². The van der Waals surface area contributed by atoms with Gasteiger partial charge in [0, 0.05) is 37.2 Å². The van der Waals surface area contributed by atoms with E-state index in [1.165, 1.54) is 0 Å². The van der Waals surface area contributed by atoms with Crippen LogP contribution in [-0.2, 0) is 11.3 Å². The van der Waals surface area contributed by atoms with Crippen LogP contribution in [0.2, 0.25) is 0 Å². The number of carbonyl (C=O) groups excluding carboxylic acids is 1. The van der Waals surface area contributed by atoms with Crippen LogP contribution in [0.15, 0.2) is 77.4 Å². The van der Waals surface area contributed by atoms with Gasteiger partial charge in [0.15, 0.2) is 0 Å². The number of benzene rings is 2. The third-order valence-electron chi connectivity index (χ3n) is 4.49. The van der Waals surface area contributed by atoms with Crippen molar-refractivity contribution in [2.45, 2.75) is 6.54 Å². The van der Waals surface area contributed by atoms with E-state index in [0.717, 1.165) is 16.9 Å². The number of rotatable bonds is 6. The maximum atomic E-state index is 12.5. The van der Waals surface area contributed by atoms with Gasteiger partial charge in [-0.05, 0) is 36.4 Å². The van der Waals surface area contributed by atoms with E-state index in [0.29, 0.717) is 17.4 Å². The summed E-state index contributed by atoms with van der Waals surface area (Å²) in [4.78, 5) is 19.0. The Hall–Kier alpha value is -3.87. The second kappa shape index (κ2) is 8.02. The van der Waals surface area contributed by atoms with Gasteiger partial charge in [0.2, 0.25) is 11.7 Å². The molecule has 0 spiro atoms. The van der Waals surface area contributed by atoms with E-state index in [4.69, 9.17) is 4.52 Å². The first-order valence-electron chi connectivity index (χ1n) is 9.22. The SMILES string of the molecule is CN(C)c1ccc(NC(=O)Cn2cccc2-c2nc(-c3ccccc3)no2)cc1. The lowest BCUT2D eigenvalue weighted by atomic mass is 10.2. The molecule has 7 heteroatoms. The van der Waals surface area contributed by atoms with Gasteiger partial charge < -0.3 is 19.3 Å². The first-order chi connectivity index (χ1) is 14.1. The molecule has 0 aliphatic rings. The highest BCUT2D eigenvalue weighted by molar-refractivity contribution is 5.91. The van der Waals surface area contributed by atoms with Crippen LogP contribution in [0.4, 0.5) is 11.4 Å². The quantitative estimate of drug-likeness (QED) is 0.543. The molecule has 4 rings (SSSR count). The van der Waals surface area contributed by atoms with Crippen LogP contribution in [0.1, 0.15) is 0 Å². The number of aromatic nitrogens is 3. The predicted octanol–water partition coefficient (Wildman–Crippen LogP) is 3.91. The molecule has 0 bridgehead atoms. The average Bonchev–Trinajstić information content (AvgIpc) is 3.38. The van der Waals surface area contributed by atoms with Crippen molar-refractivity contribution in [1.82, 2.24) is 14.7 Å². The van der Waals surface area contributed by atoms with Crippen LogP contribution in [0.5, 0.6) is 0 Å². The van der Waals surface area contributed by atoms with E-state index in [-0.39, 0.29) is 12.5 Å². The standard InChI is InChI=1S/C22H21N5O2/c1-26(2)18-12-10-17(11-13-18)23-20(28)15-27-14-6-9-19(27)22-24-21(25-29-22)16-7-4-3-5-8-16/h3-14H,15H2,1-2H3,(H,23,28). The molecule has 0 fully saturated rings.